The lowest BCUT2D eigenvalue weighted by molar-refractivity contribution is 0.102. The van der Waals surface area contributed by atoms with E-state index in [1.165, 1.54) is 6.20 Å². The van der Waals surface area contributed by atoms with Crippen LogP contribution >= 0.6 is 11.6 Å². The van der Waals surface area contributed by atoms with E-state index in [-0.39, 0.29) is 5.91 Å². The molecule has 1 amide bonds. The summed E-state index contributed by atoms with van der Waals surface area (Å²) < 4.78 is 0. The van der Waals surface area contributed by atoms with Crippen LogP contribution < -0.4 is 5.32 Å². The van der Waals surface area contributed by atoms with E-state index in [1.807, 2.05) is 38.1 Å². The molecule has 0 radical (unpaired) electrons. The molecule has 0 bridgehead atoms. The summed E-state index contributed by atoms with van der Waals surface area (Å²) in [6, 6.07) is 7.43. The molecule has 6 heteroatoms. The van der Waals surface area contributed by atoms with E-state index in [0.29, 0.717) is 16.4 Å². The van der Waals surface area contributed by atoms with Gasteiger partial charge in [-0.2, -0.15) is 5.10 Å². The zero-order valence-corrected chi connectivity index (χ0v) is 12.3. The highest BCUT2D eigenvalue weighted by Crippen LogP contribution is 2.25. The number of rotatable bonds is 2. The van der Waals surface area contributed by atoms with Crippen LogP contribution in [0.5, 0.6) is 0 Å². The fourth-order valence-corrected chi connectivity index (χ4v) is 2.47. The second kappa shape index (κ2) is 5.18. The molecule has 0 aliphatic heterocycles. The van der Waals surface area contributed by atoms with E-state index >= 15 is 0 Å². The summed E-state index contributed by atoms with van der Waals surface area (Å²) in [5.74, 6) is -0.233. The standard InChI is InChI=1S/C15H13ClN4O/c1-8-13(9(2)20-19-8)18-15(21)12-7-17-14(16)11-6-4-3-5-10(11)12/h3-7H,1-2H3,(H,18,21)(H,19,20). The molecular formula is C15H13ClN4O. The molecule has 0 fully saturated rings. The average molecular weight is 301 g/mol. The van der Waals surface area contributed by atoms with E-state index in [9.17, 15) is 4.79 Å². The topological polar surface area (TPSA) is 70.7 Å². The van der Waals surface area contributed by atoms with Crippen LogP contribution in [0.25, 0.3) is 10.8 Å². The molecule has 0 spiro atoms. The summed E-state index contributed by atoms with van der Waals surface area (Å²) in [5.41, 5.74) is 2.73. The Labute approximate surface area is 126 Å². The van der Waals surface area contributed by atoms with Crippen molar-refractivity contribution in [1.29, 1.82) is 0 Å². The molecule has 5 nitrogen and oxygen atoms in total. The van der Waals surface area contributed by atoms with Gasteiger partial charge in [-0.15, -0.1) is 0 Å². The monoisotopic (exact) mass is 300 g/mol. The molecule has 21 heavy (non-hydrogen) atoms. The maximum absolute atomic E-state index is 12.5. The molecule has 1 aromatic carbocycles. The number of hydrogen-bond donors (Lipinski definition) is 2. The van der Waals surface area contributed by atoms with Gasteiger partial charge in [0.2, 0.25) is 0 Å². The number of aromatic amines is 1. The number of carbonyl (C=O) groups excluding carboxylic acids is 1. The molecule has 3 aromatic rings. The fourth-order valence-electron chi connectivity index (χ4n) is 2.26. The summed E-state index contributed by atoms with van der Waals surface area (Å²) in [5, 5.41) is 11.7. The van der Waals surface area contributed by atoms with Gasteiger partial charge < -0.3 is 5.32 Å². The Morgan fingerprint density at radius 1 is 1.24 bits per heavy atom. The minimum absolute atomic E-state index is 0.233. The van der Waals surface area contributed by atoms with Crippen LogP contribution in [0.15, 0.2) is 30.5 Å². The molecular weight excluding hydrogens is 288 g/mol. The summed E-state index contributed by atoms with van der Waals surface area (Å²) in [6.45, 7) is 3.69. The van der Waals surface area contributed by atoms with Gasteiger partial charge in [0.05, 0.1) is 22.6 Å². The number of halogens is 1. The number of benzene rings is 1. The Kier molecular flexibility index (Phi) is 3.35. The molecule has 0 aliphatic carbocycles. The largest absolute Gasteiger partial charge is 0.319 e. The Morgan fingerprint density at radius 2 is 1.95 bits per heavy atom. The number of fused-ring (bicyclic) bond motifs is 1. The number of anilines is 1. The van der Waals surface area contributed by atoms with Crippen molar-refractivity contribution in [3.8, 4) is 0 Å². The number of hydrogen-bond acceptors (Lipinski definition) is 3. The van der Waals surface area contributed by atoms with Crippen LogP contribution in [-0.2, 0) is 0 Å². The molecule has 0 atom stereocenters. The van der Waals surface area contributed by atoms with E-state index in [4.69, 9.17) is 11.6 Å². The first-order chi connectivity index (χ1) is 10.1. The molecule has 0 unspecified atom stereocenters. The lowest BCUT2D eigenvalue weighted by Crippen LogP contribution is -2.14. The minimum Gasteiger partial charge on any atom is -0.319 e. The maximum atomic E-state index is 12.5. The van der Waals surface area contributed by atoms with Crippen LogP contribution in [0.1, 0.15) is 21.7 Å². The van der Waals surface area contributed by atoms with Crippen LogP contribution in [0.2, 0.25) is 5.15 Å². The van der Waals surface area contributed by atoms with E-state index in [1.54, 1.807) is 0 Å². The van der Waals surface area contributed by atoms with Crippen molar-refractivity contribution in [1.82, 2.24) is 15.2 Å². The summed E-state index contributed by atoms with van der Waals surface area (Å²) in [4.78, 5) is 16.6. The fraction of sp³-hybridized carbons (Fsp3) is 0.133. The third kappa shape index (κ3) is 2.36. The number of aryl methyl sites for hydroxylation is 2. The van der Waals surface area contributed by atoms with Gasteiger partial charge in [-0.25, -0.2) is 4.98 Å². The van der Waals surface area contributed by atoms with Gasteiger partial charge in [0.15, 0.2) is 0 Å². The van der Waals surface area contributed by atoms with Gasteiger partial charge in [0.1, 0.15) is 5.15 Å². The first kappa shape index (κ1) is 13.6. The second-order valence-electron chi connectivity index (χ2n) is 4.77. The van der Waals surface area contributed by atoms with Gasteiger partial charge in [-0.1, -0.05) is 35.9 Å². The first-order valence-electron chi connectivity index (χ1n) is 6.44. The number of amides is 1. The summed E-state index contributed by atoms with van der Waals surface area (Å²) in [6.07, 6.45) is 1.49. The zero-order valence-electron chi connectivity index (χ0n) is 11.6. The Hall–Kier alpha value is -2.40. The molecule has 2 aromatic heterocycles. The van der Waals surface area contributed by atoms with Crippen LogP contribution in [0, 0.1) is 13.8 Å². The van der Waals surface area contributed by atoms with Gasteiger partial charge in [0, 0.05) is 11.6 Å². The van der Waals surface area contributed by atoms with Crippen LogP contribution in [0.3, 0.4) is 0 Å². The first-order valence-corrected chi connectivity index (χ1v) is 6.82. The highest BCUT2D eigenvalue weighted by Gasteiger charge is 2.15. The predicted molar refractivity (Wildman–Crippen MR) is 82.8 cm³/mol. The Bertz CT molecular complexity index is 821. The number of nitrogens with one attached hydrogen (secondary N) is 2. The van der Waals surface area contributed by atoms with Crippen LogP contribution in [-0.4, -0.2) is 21.1 Å². The van der Waals surface area contributed by atoms with Crippen molar-refractivity contribution in [3.05, 3.63) is 52.6 Å². The van der Waals surface area contributed by atoms with Gasteiger partial charge in [-0.3, -0.25) is 9.89 Å². The van der Waals surface area contributed by atoms with E-state index < -0.39 is 0 Å². The quantitative estimate of drug-likeness (QED) is 0.712. The predicted octanol–water partition coefficient (Wildman–Crippen LogP) is 3.48. The zero-order chi connectivity index (χ0) is 15.0. The van der Waals surface area contributed by atoms with Gasteiger partial charge in [0.25, 0.3) is 5.91 Å². The highest BCUT2D eigenvalue weighted by atomic mass is 35.5. The smallest absolute Gasteiger partial charge is 0.257 e. The van der Waals surface area contributed by atoms with E-state index in [2.05, 4.69) is 20.5 Å². The number of pyridine rings is 1. The molecule has 0 saturated carbocycles. The third-order valence-corrected chi connectivity index (χ3v) is 3.66. The van der Waals surface area contributed by atoms with Crippen molar-refractivity contribution < 1.29 is 4.79 Å². The van der Waals surface area contributed by atoms with Gasteiger partial charge >= 0.3 is 0 Å². The molecule has 2 heterocycles. The molecule has 0 aliphatic rings. The molecule has 2 N–H and O–H groups in total. The van der Waals surface area contributed by atoms with Crippen molar-refractivity contribution in [2.45, 2.75) is 13.8 Å². The highest BCUT2D eigenvalue weighted by molar-refractivity contribution is 6.35. The Balaban J connectivity index is 2.05. The number of nitrogens with zero attached hydrogens (tertiary/aromatic N) is 2. The maximum Gasteiger partial charge on any atom is 0.257 e. The normalized spacial score (nSPS) is 10.8. The summed E-state index contributed by atoms with van der Waals surface area (Å²) >= 11 is 6.07. The minimum atomic E-state index is -0.233. The molecule has 0 saturated heterocycles. The summed E-state index contributed by atoms with van der Waals surface area (Å²) in [7, 11) is 0. The lowest BCUT2D eigenvalue weighted by Gasteiger charge is -2.08. The molecule has 3 rings (SSSR count). The van der Waals surface area contributed by atoms with Crippen LogP contribution in [0.4, 0.5) is 5.69 Å². The van der Waals surface area contributed by atoms with Gasteiger partial charge in [-0.05, 0) is 19.2 Å². The molecule has 106 valence electrons. The number of H-pyrrole nitrogens is 1. The second-order valence-corrected chi connectivity index (χ2v) is 5.13. The SMILES string of the molecule is Cc1n[nH]c(C)c1NC(=O)c1cnc(Cl)c2ccccc12. The number of aromatic nitrogens is 3. The average Bonchev–Trinajstić information content (AvgIpc) is 2.80. The van der Waals surface area contributed by atoms with E-state index in [0.717, 1.165) is 22.2 Å². The Morgan fingerprint density at radius 3 is 2.62 bits per heavy atom. The van der Waals surface area contributed by atoms with Crippen molar-refractivity contribution >= 4 is 34.0 Å². The van der Waals surface area contributed by atoms with Crippen molar-refractivity contribution in [2.75, 3.05) is 5.32 Å². The lowest BCUT2D eigenvalue weighted by atomic mass is 10.1. The third-order valence-electron chi connectivity index (χ3n) is 3.36. The number of carbonyl (C=O) groups is 1. The van der Waals surface area contributed by atoms with Crippen molar-refractivity contribution in [3.63, 3.8) is 0 Å². The van der Waals surface area contributed by atoms with Crippen molar-refractivity contribution in [2.24, 2.45) is 0 Å².